The summed E-state index contributed by atoms with van der Waals surface area (Å²) >= 11 is 0. The van der Waals surface area contributed by atoms with Crippen molar-refractivity contribution in [3.63, 3.8) is 0 Å². The van der Waals surface area contributed by atoms with Crippen LogP contribution in [0.25, 0.3) is 62.1 Å². The Bertz CT molecular complexity index is 2280. The lowest BCUT2D eigenvalue weighted by Crippen LogP contribution is -2.24. The Kier molecular flexibility index (Phi) is 6.26. The molecule has 0 fully saturated rings. The first-order chi connectivity index (χ1) is 23.0. The van der Waals surface area contributed by atoms with Crippen molar-refractivity contribution >= 4 is 17.0 Å². The van der Waals surface area contributed by atoms with Gasteiger partial charge in [-0.15, -0.1) is 0 Å². The van der Waals surface area contributed by atoms with E-state index < -0.39 is 0 Å². The van der Waals surface area contributed by atoms with E-state index in [1.165, 1.54) is 5.56 Å². The Balaban J connectivity index is 1.07. The highest BCUT2D eigenvalue weighted by Crippen LogP contribution is 2.52. The average Bonchev–Trinajstić information content (AvgIpc) is 3.52. The van der Waals surface area contributed by atoms with Gasteiger partial charge in [0.2, 0.25) is 0 Å². The van der Waals surface area contributed by atoms with Gasteiger partial charge in [-0.1, -0.05) is 123 Å². The van der Waals surface area contributed by atoms with Crippen molar-refractivity contribution in [2.24, 2.45) is 0 Å². The highest BCUT2D eigenvalue weighted by atomic mass is 16.5. The molecule has 5 aromatic carbocycles. The third-order valence-corrected chi connectivity index (χ3v) is 9.66. The molecule has 0 bridgehead atoms. The summed E-state index contributed by atoms with van der Waals surface area (Å²) in [6.07, 6.45) is 6.32. The molecule has 1 aliphatic carbocycles. The Labute approximate surface area is 274 Å². The van der Waals surface area contributed by atoms with Crippen molar-refractivity contribution < 1.29 is 9.15 Å². The van der Waals surface area contributed by atoms with Crippen molar-refractivity contribution in [3.05, 3.63) is 150 Å². The van der Waals surface area contributed by atoms with Gasteiger partial charge in [0.15, 0.2) is 17.2 Å². The summed E-state index contributed by atoms with van der Waals surface area (Å²) in [5.74, 6) is 3.38. The maximum atomic E-state index is 6.63. The van der Waals surface area contributed by atoms with E-state index in [2.05, 4.69) is 111 Å². The molecule has 1 aliphatic heterocycles. The number of nitrogens with zero attached hydrogens (tertiary/aromatic N) is 2. The average molecular weight is 609 g/mol. The standard InChI is InChI=1S/C43H32N2O2/c1-43(2)34-23-22-33-32-15-9-10-16-38(32)46-40(33)41(34)47-39-24-21-31(25-35(39)43)27-17-19-30(20-18-27)42-44-36(28-11-5-3-6-12-28)26-37(45-42)29-13-7-4-8-14-29/h3-8,10-14,16-26H,9,15H2,1-2H3. The highest BCUT2D eigenvalue weighted by molar-refractivity contribution is 5.92. The second-order valence-corrected chi connectivity index (χ2v) is 12.9. The van der Waals surface area contributed by atoms with Crippen LogP contribution in [0.5, 0.6) is 11.5 Å². The number of rotatable bonds is 4. The second kappa shape index (κ2) is 10.7. The molecule has 7 aromatic rings. The third kappa shape index (κ3) is 4.59. The SMILES string of the molecule is CC1(C)c2cc(-c3ccc(-c4nc(-c5ccccc5)cc(-c5ccccc5)n4)cc3)ccc2Oc2c1ccc1c3c(oc21)C=CCC3. The smallest absolute Gasteiger partial charge is 0.177 e. The predicted molar refractivity (Wildman–Crippen MR) is 190 cm³/mol. The zero-order valence-corrected chi connectivity index (χ0v) is 26.3. The van der Waals surface area contributed by atoms with Gasteiger partial charge in [-0.05, 0) is 48.2 Å². The molecule has 9 rings (SSSR count). The fraction of sp³-hybridized carbons (Fsp3) is 0.116. The summed E-state index contributed by atoms with van der Waals surface area (Å²) in [6, 6.07) is 42.2. The Morgan fingerprint density at radius 3 is 1.98 bits per heavy atom. The molecule has 0 amide bonds. The van der Waals surface area contributed by atoms with Crippen LogP contribution in [0.2, 0.25) is 0 Å². The van der Waals surface area contributed by atoms with Crippen LogP contribution in [-0.4, -0.2) is 9.97 Å². The van der Waals surface area contributed by atoms with Crippen LogP contribution in [0, 0.1) is 0 Å². The first-order valence-electron chi connectivity index (χ1n) is 16.2. The molecule has 4 heteroatoms. The van der Waals surface area contributed by atoms with E-state index in [4.69, 9.17) is 19.1 Å². The molecular weight excluding hydrogens is 576 g/mol. The van der Waals surface area contributed by atoms with Crippen LogP contribution < -0.4 is 4.74 Å². The molecule has 0 N–H and O–H groups in total. The largest absolute Gasteiger partial charge is 0.453 e. The lowest BCUT2D eigenvalue weighted by molar-refractivity contribution is 0.413. The summed E-state index contributed by atoms with van der Waals surface area (Å²) < 4.78 is 13.0. The summed E-state index contributed by atoms with van der Waals surface area (Å²) in [5, 5.41) is 1.16. The summed E-state index contributed by atoms with van der Waals surface area (Å²) in [5.41, 5.74) is 11.3. The third-order valence-electron chi connectivity index (χ3n) is 9.66. The van der Waals surface area contributed by atoms with Gasteiger partial charge < -0.3 is 9.15 Å². The van der Waals surface area contributed by atoms with Crippen molar-refractivity contribution in [1.29, 1.82) is 0 Å². The van der Waals surface area contributed by atoms with Gasteiger partial charge in [0.25, 0.3) is 0 Å². The number of aromatic nitrogens is 2. The highest BCUT2D eigenvalue weighted by Gasteiger charge is 2.37. The van der Waals surface area contributed by atoms with E-state index in [-0.39, 0.29) is 5.41 Å². The summed E-state index contributed by atoms with van der Waals surface area (Å²) in [4.78, 5) is 10.0. The van der Waals surface area contributed by atoms with Gasteiger partial charge in [0.1, 0.15) is 11.5 Å². The lowest BCUT2D eigenvalue weighted by Gasteiger charge is -2.34. The quantitative estimate of drug-likeness (QED) is 0.199. The van der Waals surface area contributed by atoms with Crippen LogP contribution in [-0.2, 0) is 11.8 Å². The molecule has 226 valence electrons. The lowest BCUT2D eigenvalue weighted by atomic mass is 9.74. The molecule has 2 aromatic heterocycles. The van der Waals surface area contributed by atoms with Crippen LogP contribution >= 0.6 is 0 Å². The number of benzene rings is 5. The Hall–Kier alpha value is -5.74. The molecule has 4 nitrogen and oxygen atoms in total. The van der Waals surface area contributed by atoms with Crippen LogP contribution in [0.3, 0.4) is 0 Å². The minimum Gasteiger partial charge on any atom is -0.453 e. The van der Waals surface area contributed by atoms with Crippen LogP contribution in [0.1, 0.15) is 42.7 Å². The van der Waals surface area contributed by atoms with Crippen molar-refractivity contribution in [1.82, 2.24) is 9.97 Å². The number of allylic oxidation sites excluding steroid dienone is 1. The number of hydrogen-bond acceptors (Lipinski definition) is 4. The van der Waals surface area contributed by atoms with E-state index in [9.17, 15) is 0 Å². The van der Waals surface area contributed by atoms with Gasteiger partial charge in [-0.3, -0.25) is 0 Å². The van der Waals surface area contributed by atoms with Gasteiger partial charge in [-0.2, -0.15) is 0 Å². The maximum Gasteiger partial charge on any atom is 0.177 e. The molecule has 2 aliphatic rings. The van der Waals surface area contributed by atoms with Crippen molar-refractivity contribution in [3.8, 4) is 56.5 Å². The number of aryl methyl sites for hydroxylation is 1. The Morgan fingerprint density at radius 1 is 0.617 bits per heavy atom. The van der Waals surface area contributed by atoms with E-state index in [0.29, 0.717) is 5.82 Å². The van der Waals surface area contributed by atoms with E-state index >= 15 is 0 Å². The zero-order chi connectivity index (χ0) is 31.5. The zero-order valence-electron chi connectivity index (χ0n) is 26.3. The second-order valence-electron chi connectivity index (χ2n) is 12.9. The number of fused-ring (bicyclic) bond motifs is 6. The molecule has 0 radical (unpaired) electrons. The van der Waals surface area contributed by atoms with Crippen LogP contribution in [0.4, 0.5) is 0 Å². The number of furan rings is 1. The molecule has 0 saturated carbocycles. The minimum atomic E-state index is -0.268. The monoisotopic (exact) mass is 608 g/mol. The molecule has 3 heterocycles. The fourth-order valence-corrected chi connectivity index (χ4v) is 7.05. The fourth-order valence-electron chi connectivity index (χ4n) is 7.05. The van der Waals surface area contributed by atoms with E-state index in [1.54, 1.807) is 0 Å². The molecule has 47 heavy (non-hydrogen) atoms. The Morgan fingerprint density at radius 2 is 1.28 bits per heavy atom. The predicted octanol–water partition coefficient (Wildman–Crippen LogP) is 11.3. The van der Waals surface area contributed by atoms with Gasteiger partial charge in [-0.25, -0.2) is 9.97 Å². The van der Waals surface area contributed by atoms with Gasteiger partial charge in [0, 0.05) is 44.2 Å². The first-order valence-corrected chi connectivity index (χ1v) is 16.2. The topological polar surface area (TPSA) is 48.2 Å². The first kappa shape index (κ1) is 27.6. The molecule has 0 atom stereocenters. The summed E-state index contributed by atoms with van der Waals surface area (Å²) in [6.45, 7) is 4.55. The van der Waals surface area contributed by atoms with E-state index in [0.717, 1.165) is 91.4 Å². The maximum absolute atomic E-state index is 6.63. The van der Waals surface area contributed by atoms with Gasteiger partial charge >= 0.3 is 0 Å². The van der Waals surface area contributed by atoms with Crippen LogP contribution in [0.15, 0.2) is 132 Å². The number of hydrogen-bond donors (Lipinski definition) is 0. The normalized spacial score (nSPS) is 14.3. The van der Waals surface area contributed by atoms with Gasteiger partial charge in [0.05, 0.1) is 11.4 Å². The molecule has 0 spiro atoms. The summed E-state index contributed by atoms with van der Waals surface area (Å²) in [7, 11) is 0. The molecule has 0 saturated heterocycles. The van der Waals surface area contributed by atoms with E-state index in [1.807, 2.05) is 36.4 Å². The molecular formula is C43H32N2O2. The van der Waals surface area contributed by atoms with Crippen molar-refractivity contribution in [2.45, 2.75) is 32.1 Å². The van der Waals surface area contributed by atoms with Crippen molar-refractivity contribution in [2.75, 3.05) is 0 Å². The minimum absolute atomic E-state index is 0.268. The number of ether oxygens (including phenoxy) is 1. The molecule has 0 unspecified atom stereocenters.